The fraction of sp³-hybridized carbons (Fsp3) is 0.250. The predicted octanol–water partition coefficient (Wildman–Crippen LogP) is 4.40. The Balaban J connectivity index is 0.000000963. The second-order valence-electron chi connectivity index (χ2n) is 4.35. The lowest BCUT2D eigenvalue weighted by Gasteiger charge is -2.19. The number of aryl methyl sites for hydroxylation is 3. The average molecular weight is 210 g/mol. The van der Waals surface area contributed by atoms with Crippen LogP contribution in [0.25, 0.3) is 11.1 Å². The maximum atomic E-state index is 2.34. The molecule has 16 heavy (non-hydrogen) atoms. The van der Waals surface area contributed by atoms with Gasteiger partial charge < -0.3 is 0 Å². The number of fused-ring (bicyclic) bond motifs is 1. The van der Waals surface area contributed by atoms with E-state index >= 15 is 0 Å². The normalized spacial score (nSPS) is 12.3. The van der Waals surface area contributed by atoms with E-state index < -0.39 is 0 Å². The first-order valence-corrected chi connectivity index (χ1v) is 5.52. The van der Waals surface area contributed by atoms with Crippen LogP contribution in [-0.4, -0.2) is 0 Å². The van der Waals surface area contributed by atoms with Gasteiger partial charge in [-0.2, -0.15) is 0 Å². The fourth-order valence-corrected chi connectivity index (χ4v) is 2.20. The van der Waals surface area contributed by atoms with Crippen LogP contribution >= 0.6 is 0 Å². The Morgan fingerprint density at radius 1 is 0.812 bits per heavy atom. The van der Waals surface area contributed by atoms with Gasteiger partial charge in [0.25, 0.3) is 0 Å². The highest BCUT2D eigenvalue weighted by atomic mass is 14.2. The zero-order valence-corrected chi connectivity index (χ0v) is 8.96. The molecule has 0 saturated heterocycles. The van der Waals surface area contributed by atoms with E-state index in [2.05, 4.69) is 49.4 Å². The van der Waals surface area contributed by atoms with E-state index in [4.69, 9.17) is 0 Å². The highest BCUT2D eigenvalue weighted by Gasteiger charge is 2.12. The van der Waals surface area contributed by atoms with Crippen LogP contribution in [0.2, 0.25) is 0 Å². The molecule has 3 rings (SSSR count). The van der Waals surface area contributed by atoms with Crippen LogP contribution in [-0.2, 0) is 12.8 Å². The Morgan fingerprint density at radius 3 is 2.19 bits per heavy atom. The number of hydrogen-bond donors (Lipinski definition) is 0. The second kappa shape index (κ2) is 4.13. The molecule has 0 atom stereocenters. The third kappa shape index (κ3) is 1.76. The van der Waals surface area contributed by atoms with Crippen molar-refractivity contribution in [3.8, 4) is 11.1 Å². The third-order valence-corrected chi connectivity index (χ3v) is 3.22. The summed E-state index contributed by atoms with van der Waals surface area (Å²) in [5.41, 5.74) is 7.09. The molecule has 1 aliphatic carbocycles. The quantitative estimate of drug-likeness (QED) is 0.654. The molecule has 2 aromatic carbocycles. The van der Waals surface area contributed by atoms with E-state index in [1.807, 2.05) is 0 Å². The van der Waals surface area contributed by atoms with Gasteiger partial charge in [-0.1, -0.05) is 55.5 Å². The lowest BCUT2D eigenvalue weighted by atomic mass is 9.86. The third-order valence-electron chi connectivity index (χ3n) is 3.22. The van der Waals surface area contributed by atoms with Gasteiger partial charge in [0.1, 0.15) is 0 Å². The van der Waals surface area contributed by atoms with Gasteiger partial charge in [-0.25, -0.2) is 0 Å². The van der Waals surface area contributed by atoms with Crippen LogP contribution in [0.5, 0.6) is 0 Å². The van der Waals surface area contributed by atoms with Gasteiger partial charge in [0.15, 0.2) is 0 Å². The minimum absolute atomic E-state index is 0. The molecule has 0 fully saturated rings. The Morgan fingerprint density at radius 2 is 1.56 bits per heavy atom. The van der Waals surface area contributed by atoms with Gasteiger partial charge in [-0.15, -0.1) is 0 Å². The van der Waals surface area contributed by atoms with Crippen LogP contribution in [0.15, 0.2) is 42.5 Å². The standard InChI is InChI=1S/C15H14.CH4/c1-11-3-2-4-13(9-11)15-8-6-12-5-7-14(12)10-15;/h2-4,6,8-10H,5,7H2,1H3;1H4. The van der Waals surface area contributed by atoms with E-state index in [1.54, 1.807) is 0 Å². The van der Waals surface area contributed by atoms with Crippen molar-refractivity contribution in [2.45, 2.75) is 27.2 Å². The first kappa shape index (κ1) is 10.9. The number of benzene rings is 2. The van der Waals surface area contributed by atoms with Crippen LogP contribution < -0.4 is 0 Å². The summed E-state index contributed by atoms with van der Waals surface area (Å²) in [4.78, 5) is 0. The summed E-state index contributed by atoms with van der Waals surface area (Å²) < 4.78 is 0. The highest BCUT2D eigenvalue weighted by molar-refractivity contribution is 5.66. The van der Waals surface area contributed by atoms with Crippen molar-refractivity contribution in [1.29, 1.82) is 0 Å². The van der Waals surface area contributed by atoms with Crippen molar-refractivity contribution in [2.75, 3.05) is 0 Å². The van der Waals surface area contributed by atoms with Gasteiger partial charge >= 0.3 is 0 Å². The van der Waals surface area contributed by atoms with Crippen molar-refractivity contribution < 1.29 is 0 Å². The number of hydrogen-bond acceptors (Lipinski definition) is 0. The van der Waals surface area contributed by atoms with Gasteiger partial charge in [0, 0.05) is 0 Å². The molecule has 0 bridgehead atoms. The summed E-state index contributed by atoms with van der Waals surface area (Å²) in [7, 11) is 0. The molecule has 0 radical (unpaired) electrons. The maximum absolute atomic E-state index is 2.34. The van der Waals surface area contributed by atoms with Crippen molar-refractivity contribution in [1.82, 2.24) is 0 Å². The maximum Gasteiger partial charge on any atom is -0.0181 e. The molecule has 0 heteroatoms. The summed E-state index contributed by atoms with van der Waals surface area (Å²) in [5, 5.41) is 0. The summed E-state index contributed by atoms with van der Waals surface area (Å²) in [5.74, 6) is 0. The largest absolute Gasteiger partial charge is 0.0776 e. The Hall–Kier alpha value is -1.56. The van der Waals surface area contributed by atoms with Crippen molar-refractivity contribution in [3.63, 3.8) is 0 Å². The van der Waals surface area contributed by atoms with Crippen molar-refractivity contribution in [2.24, 2.45) is 0 Å². The van der Waals surface area contributed by atoms with E-state index in [0.29, 0.717) is 0 Å². The van der Waals surface area contributed by atoms with Crippen LogP contribution in [0, 0.1) is 6.92 Å². The van der Waals surface area contributed by atoms with Crippen molar-refractivity contribution >= 4 is 0 Å². The average Bonchev–Trinajstić information content (AvgIpc) is 2.20. The summed E-state index contributed by atoms with van der Waals surface area (Å²) >= 11 is 0. The van der Waals surface area contributed by atoms with Gasteiger partial charge in [-0.3, -0.25) is 0 Å². The Labute approximate surface area is 97.9 Å². The molecule has 0 amide bonds. The van der Waals surface area contributed by atoms with Gasteiger partial charge in [0.05, 0.1) is 0 Å². The lowest BCUT2D eigenvalue weighted by molar-refractivity contribution is 0.840. The monoisotopic (exact) mass is 210 g/mol. The lowest BCUT2D eigenvalue weighted by Crippen LogP contribution is -2.07. The first-order valence-electron chi connectivity index (χ1n) is 5.52. The minimum atomic E-state index is 0. The number of rotatable bonds is 1. The van der Waals surface area contributed by atoms with E-state index in [0.717, 1.165) is 0 Å². The summed E-state index contributed by atoms with van der Waals surface area (Å²) in [6, 6.07) is 15.6. The first-order chi connectivity index (χ1) is 7.33. The topological polar surface area (TPSA) is 0 Å². The molecule has 1 aliphatic rings. The molecule has 0 unspecified atom stereocenters. The van der Waals surface area contributed by atoms with Gasteiger partial charge in [-0.05, 0) is 42.0 Å². The SMILES string of the molecule is C.Cc1cccc(-c2ccc3c(c2)CC3)c1. The van der Waals surface area contributed by atoms with Crippen LogP contribution in [0.4, 0.5) is 0 Å². The van der Waals surface area contributed by atoms with Crippen LogP contribution in [0.1, 0.15) is 24.1 Å². The molecule has 0 nitrogen and oxygen atoms in total. The molecule has 0 heterocycles. The minimum Gasteiger partial charge on any atom is -0.0776 e. The fourth-order valence-electron chi connectivity index (χ4n) is 2.20. The molecule has 2 aromatic rings. The smallest absolute Gasteiger partial charge is 0.0181 e. The molecular formula is C16H18. The molecule has 0 N–H and O–H groups in total. The van der Waals surface area contributed by atoms with Crippen LogP contribution in [0.3, 0.4) is 0 Å². The zero-order chi connectivity index (χ0) is 10.3. The summed E-state index contributed by atoms with van der Waals surface area (Å²) in [6.45, 7) is 2.14. The molecule has 0 aliphatic heterocycles. The predicted molar refractivity (Wildman–Crippen MR) is 70.8 cm³/mol. The van der Waals surface area contributed by atoms with E-state index in [1.165, 1.54) is 40.7 Å². The highest BCUT2D eigenvalue weighted by Crippen LogP contribution is 2.29. The molecular weight excluding hydrogens is 192 g/mol. The molecule has 0 saturated carbocycles. The molecule has 82 valence electrons. The Kier molecular flexibility index (Phi) is 2.82. The van der Waals surface area contributed by atoms with Gasteiger partial charge in [0.2, 0.25) is 0 Å². The second-order valence-corrected chi connectivity index (χ2v) is 4.35. The van der Waals surface area contributed by atoms with Crippen molar-refractivity contribution in [3.05, 3.63) is 59.2 Å². The summed E-state index contributed by atoms with van der Waals surface area (Å²) in [6.07, 6.45) is 2.53. The molecule has 0 spiro atoms. The van der Waals surface area contributed by atoms with E-state index in [-0.39, 0.29) is 7.43 Å². The molecule has 0 aromatic heterocycles. The Bertz CT molecular complexity index is 509. The zero-order valence-electron chi connectivity index (χ0n) is 8.96. The van der Waals surface area contributed by atoms with E-state index in [9.17, 15) is 0 Å².